The van der Waals surface area contributed by atoms with Gasteiger partial charge >= 0.3 is 6.03 Å². The van der Waals surface area contributed by atoms with Crippen LogP contribution in [0, 0.1) is 0 Å². The van der Waals surface area contributed by atoms with Crippen molar-refractivity contribution >= 4 is 29.9 Å². The van der Waals surface area contributed by atoms with Gasteiger partial charge in [-0.3, -0.25) is 19.6 Å². The third kappa shape index (κ3) is 7.95. The Hall–Kier alpha value is -4.73. The lowest BCUT2D eigenvalue weighted by atomic mass is 9.86. The number of carbonyl (C=O) groups is 2. The Morgan fingerprint density at radius 1 is 0.843 bits per heavy atom. The minimum Gasteiger partial charge on any atom is -0.493 e. The van der Waals surface area contributed by atoms with Crippen LogP contribution in [0.2, 0.25) is 0 Å². The summed E-state index contributed by atoms with van der Waals surface area (Å²) in [4.78, 5) is 41.3. The number of carbonyl (C=O) groups excluding carboxylic acids is 2. The number of benzene rings is 3. The Balaban J connectivity index is 1.39. The number of hydrogen-bond acceptors (Lipinski definition) is 6. The summed E-state index contributed by atoms with van der Waals surface area (Å²) in [6.07, 6.45) is 3.65. The number of urea groups is 1. The van der Waals surface area contributed by atoms with Crippen molar-refractivity contribution in [1.29, 1.82) is 0 Å². The molecule has 2 saturated heterocycles. The molecule has 2 atom stereocenters. The fourth-order valence-corrected chi connectivity index (χ4v) is 7.00. The quantitative estimate of drug-likeness (QED) is 0.247. The summed E-state index contributed by atoms with van der Waals surface area (Å²) in [5, 5.41) is 0. The van der Waals surface area contributed by atoms with Crippen LogP contribution in [0.5, 0.6) is 5.75 Å². The van der Waals surface area contributed by atoms with Crippen molar-refractivity contribution in [2.75, 3.05) is 65.6 Å². The highest BCUT2D eigenvalue weighted by molar-refractivity contribution is 6.11. The predicted octanol–water partition coefficient (Wildman–Crippen LogP) is 6.81. The molecule has 0 saturated carbocycles. The Bertz CT molecular complexity index is 1750. The number of nitrogens with zero attached hydrogens (tertiary/aromatic N) is 5. The van der Waals surface area contributed by atoms with Gasteiger partial charge in [0.15, 0.2) is 0 Å². The van der Waals surface area contributed by atoms with Gasteiger partial charge in [-0.1, -0.05) is 101 Å². The van der Waals surface area contributed by atoms with E-state index in [4.69, 9.17) is 14.5 Å². The van der Waals surface area contributed by atoms with Gasteiger partial charge in [0.1, 0.15) is 17.6 Å². The molecule has 0 N–H and O–H groups in total. The lowest BCUT2D eigenvalue weighted by Crippen LogP contribution is -2.56. The largest absolute Gasteiger partial charge is 0.493 e. The summed E-state index contributed by atoms with van der Waals surface area (Å²) >= 11 is 0. The molecule has 3 aromatic rings. The standard InChI is InChI=1S/C42H51N5O4/c1-7-30-10-14-32(15-11-30)38-39(33-16-12-31(8-2)13-17-33)47(40(43-38)35-19-18-34(42(4,5)6)28-36(35)51-9-3)41(49)46-22-20-44(21-23-46)29-37(48)45-24-26-50-27-25-45/h7-8,10-19,28,38-39H,1-2,9,20-27,29H2,3-6H3/t38-,39+/m0/s1. The summed E-state index contributed by atoms with van der Waals surface area (Å²) in [7, 11) is 0. The van der Waals surface area contributed by atoms with Crippen molar-refractivity contribution in [1.82, 2.24) is 19.6 Å². The van der Waals surface area contributed by atoms with Crippen LogP contribution in [-0.2, 0) is 14.9 Å². The first-order chi connectivity index (χ1) is 24.6. The molecule has 0 spiro atoms. The molecule has 0 unspecified atom stereocenters. The zero-order valence-electron chi connectivity index (χ0n) is 30.5. The first kappa shape index (κ1) is 36.1. The fraction of sp³-hybridized carbons (Fsp3) is 0.405. The van der Waals surface area contributed by atoms with Gasteiger partial charge in [0.05, 0.1) is 38.0 Å². The van der Waals surface area contributed by atoms with E-state index in [1.54, 1.807) is 0 Å². The Labute approximate surface area is 302 Å². The van der Waals surface area contributed by atoms with Gasteiger partial charge in [0, 0.05) is 39.3 Å². The van der Waals surface area contributed by atoms with Gasteiger partial charge in [-0.05, 0) is 52.3 Å². The third-order valence-electron chi connectivity index (χ3n) is 10.1. The zero-order chi connectivity index (χ0) is 36.1. The smallest absolute Gasteiger partial charge is 0.326 e. The molecule has 0 bridgehead atoms. The first-order valence-corrected chi connectivity index (χ1v) is 18.1. The summed E-state index contributed by atoms with van der Waals surface area (Å²) in [6.45, 7) is 21.9. The Morgan fingerprint density at radius 2 is 1.45 bits per heavy atom. The molecule has 3 aliphatic heterocycles. The van der Waals surface area contributed by atoms with Gasteiger partial charge < -0.3 is 19.3 Å². The lowest BCUT2D eigenvalue weighted by Gasteiger charge is -2.39. The van der Waals surface area contributed by atoms with Crippen LogP contribution in [0.4, 0.5) is 4.79 Å². The van der Waals surface area contributed by atoms with Crippen molar-refractivity contribution in [3.8, 4) is 5.75 Å². The monoisotopic (exact) mass is 689 g/mol. The van der Waals surface area contributed by atoms with Crippen molar-refractivity contribution < 1.29 is 19.1 Å². The third-order valence-corrected chi connectivity index (χ3v) is 10.1. The van der Waals surface area contributed by atoms with Gasteiger partial charge in [-0.15, -0.1) is 0 Å². The van der Waals surface area contributed by atoms with Gasteiger partial charge in [-0.25, -0.2) is 4.79 Å². The van der Waals surface area contributed by atoms with Crippen LogP contribution in [0.1, 0.15) is 73.2 Å². The summed E-state index contributed by atoms with van der Waals surface area (Å²) in [5.41, 5.74) is 5.83. The summed E-state index contributed by atoms with van der Waals surface area (Å²) in [6, 6.07) is 21.8. The highest BCUT2D eigenvalue weighted by atomic mass is 16.5. The summed E-state index contributed by atoms with van der Waals surface area (Å²) < 4.78 is 11.7. The maximum Gasteiger partial charge on any atom is 0.326 e. The van der Waals surface area contributed by atoms with E-state index in [0.717, 1.165) is 33.4 Å². The normalized spacial score (nSPS) is 19.8. The second-order valence-electron chi connectivity index (χ2n) is 14.4. The molecule has 3 aliphatic rings. The lowest BCUT2D eigenvalue weighted by molar-refractivity contribution is -0.136. The molecule has 0 radical (unpaired) electrons. The highest BCUT2D eigenvalue weighted by Gasteiger charge is 2.45. The molecule has 268 valence electrons. The predicted molar refractivity (Wildman–Crippen MR) is 204 cm³/mol. The molecule has 3 aromatic carbocycles. The average Bonchev–Trinajstić information content (AvgIpc) is 3.55. The summed E-state index contributed by atoms with van der Waals surface area (Å²) in [5.74, 6) is 1.41. The number of morpholine rings is 1. The zero-order valence-corrected chi connectivity index (χ0v) is 30.5. The van der Waals surface area contributed by atoms with E-state index in [-0.39, 0.29) is 23.4 Å². The van der Waals surface area contributed by atoms with Crippen molar-refractivity contribution in [3.63, 3.8) is 0 Å². The van der Waals surface area contributed by atoms with Crippen LogP contribution in [-0.4, -0.2) is 103 Å². The van der Waals surface area contributed by atoms with E-state index >= 15 is 4.79 Å². The number of amidine groups is 1. The van der Waals surface area contributed by atoms with Crippen molar-refractivity contribution in [3.05, 3.63) is 113 Å². The minimum absolute atomic E-state index is 0.0922. The fourth-order valence-electron chi connectivity index (χ4n) is 7.00. The molecule has 2 fully saturated rings. The topological polar surface area (TPSA) is 77.9 Å². The van der Waals surface area contributed by atoms with E-state index in [1.807, 2.05) is 58.0 Å². The highest BCUT2D eigenvalue weighted by Crippen LogP contribution is 2.45. The maximum atomic E-state index is 15.0. The Kier molecular flexibility index (Phi) is 11.1. The van der Waals surface area contributed by atoms with Crippen LogP contribution < -0.4 is 4.74 Å². The molecule has 51 heavy (non-hydrogen) atoms. The van der Waals surface area contributed by atoms with Gasteiger partial charge in [0.2, 0.25) is 5.91 Å². The molecular formula is C42H51N5O4. The molecule has 0 aliphatic carbocycles. The average molecular weight is 690 g/mol. The second kappa shape index (κ2) is 15.7. The van der Waals surface area contributed by atoms with Crippen LogP contribution in [0.15, 0.2) is 84.9 Å². The maximum absolute atomic E-state index is 15.0. The van der Waals surface area contributed by atoms with Crippen molar-refractivity contribution in [2.45, 2.75) is 45.2 Å². The van der Waals surface area contributed by atoms with E-state index in [2.05, 4.69) is 81.3 Å². The molecule has 3 heterocycles. The first-order valence-electron chi connectivity index (χ1n) is 18.1. The molecular weight excluding hydrogens is 638 g/mol. The number of ether oxygens (including phenoxy) is 2. The number of amides is 3. The van der Waals surface area contributed by atoms with Crippen LogP contribution >= 0.6 is 0 Å². The van der Waals surface area contributed by atoms with E-state index in [9.17, 15) is 4.79 Å². The van der Waals surface area contributed by atoms with Crippen LogP contribution in [0.3, 0.4) is 0 Å². The number of rotatable bonds is 9. The van der Waals surface area contributed by atoms with Gasteiger partial charge in [0.25, 0.3) is 0 Å². The molecule has 9 nitrogen and oxygen atoms in total. The molecule has 0 aromatic heterocycles. The molecule has 9 heteroatoms. The SMILES string of the molecule is C=Cc1ccc([C@@H]2[C@H](c3ccc(C=C)cc3)N=C(c3ccc(C(C)(C)C)cc3OCC)N2C(=O)N2CCN(CC(=O)N3CCOCC3)CC2)cc1. The Morgan fingerprint density at radius 3 is 2.02 bits per heavy atom. The van der Waals surface area contributed by atoms with Gasteiger partial charge in [-0.2, -0.15) is 0 Å². The van der Waals surface area contributed by atoms with E-state index in [0.29, 0.717) is 77.2 Å². The molecule has 6 rings (SSSR count). The van der Waals surface area contributed by atoms with E-state index in [1.165, 1.54) is 0 Å². The van der Waals surface area contributed by atoms with Crippen molar-refractivity contribution in [2.24, 2.45) is 4.99 Å². The van der Waals surface area contributed by atoms with Crippen LogP contribution in [0.25, 0.3) is 12.2 Å². The second-order valence-corrected chi connectivity index (χ2v) is 14.4. The number of piperazine rings is 1. The van der Waals surface area contributed by atoms with E-state index < -0.39 is 6.04 Å². The number of aliphatic imine (C=N–C) groups is 1. The molecule has 3 amide bonds. The number of hydrogen-bond donors (Lipinski definition) is 0. The minimum atomic E-state index is -0.418.